The van der Waals surface area contributed by atoms with Crippen LogP contribution in [0.25, 0.3) is 10.2 Å². The summed E-state index contributed by atoms with van der Waals surface area (Å²) in [7, 11) is 0. The van der Waals surface area contributed by atoms with Crippen LogP contribution >= 0.6 is 23.1 Å². The van der Waals surface area contributed by atoms with Gasteiger partial charge in [-0.15, -0.1) is 11.3 Å². The number of fused-ring (bicyclic) bond motifs is 1. The van der Waals surface area contributed by atoms with Crippen LogP contribution in [0.2, 0.25) is 0 Å². The smallest absolute Gasteiger partial charge is 0.254 e. The third kappa shape index (κ3) is 5.98. The van der Waals surface area contributed by atoms with Crippen LogP contribution in [-0.4, -0.2) is 27.6 Å². The molecule has 2 aromatic carbocycles. The van der Waals surface area contributed by atoms with Crippen LogP contribution in [-0.2, 0) is 16.0 Å². The van der Waals surface area contributed by atoms with Crippen LogP contribution in [0.3, 0.4) is 0 Å². The number of nitriles is 1. The van der Waals surface area contributed by atoms with Gasteiger partial charge in [-0.3, -0.25) is 9.59 Å². The molecule has 2 unspecified atom stereocenters. The number of rotatable bonds is 7. The molecule has 0 saturated carbocycles. The van der Waals surface area contributed by atoms with Gasteiger partial charge in [-0.05, 0) is 55.3 Å². The summed E-state index contributed by atoms with van der Waals surface area (Å²) >= 11 is 2.70. The number of allylic oxidation sites excluding steroid dienone is 1. The van der Waals surface area contributed by atoms with Gasteiger partial charge in [0.2, 0.25) is 5.91 Å². The van der Waals surface area contributed by atoms with Gasteiger partial charge in [0.25, 0.3) is 5.91 Å². The van der Waals surface area contributed by atoms with Gasteiger partial charge in [-0.2, -0.15) is 5.26 Å². The van der Waals surface area contributed by atoms with Gasteiger partial charge in [0.1, 0.15) is 10.7 Å². The molecule has 0 saturated heterocycles. The topological polar surface area (TPSA) is 107 Å². The zero-order valence-corrected chi connectivity index (χ0v) is 23.7. The number of thiophene rings is 1. The molecule has 9 heteroatoms. The van der Waals surface area contributed by atoms with Crippen molar-refractivity contribution < 1.29 is 9.59 Å². The molecule has 2 N–H and O–H groups in total. The normalized spacial score (nSPS) is 16.8. The number of nitrogens with one attached hydrogen (secondary N) is 2. The van der Waals surface area contributed by atoms with Crippen molar-refractivity contribution >= 4 is 61.5 Å². The number of aromatic nitrogens is 1. The molecule has 5 rings (SSSR count). The largest absolute Gasteiger partial charge is 0.325 e. The number of anilines is 2. The summed E-state index contributed by atoms with van der Waals surface area (Å²) in [5.74, 6) is -1.70. The van der Waals surface area contributed by atoms with Crippen LogP contribution < -0.4 is 10.6 Å². The molecular formula is C31H27N5O2S2. The number of aryl methyl sites for hydroxylation is 1. The van der Waals surface area contributed by atoms with Crippen molar-refractivity contribution in [1.82, 2.24) is 4.98 Å². The molecule has 2 aromatic heterocycles. The lowest BCUT2D eigenvalue weighted by molar-refractivity contribution is -0.114. The Hall–Kier alpha value is -4.26. The van der Waals surface area contributed by atoms with Crippen LogP contribution in [0.15, 0.2) is 95.3 Å². The Morgan fingerprint density at radius 2 is 1.82 bits per heavy atom. The molecule has 0 fully saturated rings. The molecule has 40 heavy (non-hydrogen) atoms. The van der Waals surface area contributed by atoms with Crippen LogP contribution in [0.4, 0.5) is 11.4 Å². The maximum Gasteiger partial charge on any atom is 0.254 e. The summed E-state index contributed by atoms with van der Waals surface area (Å²) in [5, 5.41) is 17.8. The molecule has 3 heterocycles. The number of hydrogen-bond acceptors (Lipinski definition) is 7. The minimum absolute atomic E-state index is 0.0902. The predicted molar refractivity (Wildman–Crippen MR) is 164 cm³/mol. The molecule has 2 atom stereocenters. The van der Waals surface area contributed by atoms with E-state index >= 15 is 0 Å². The van der Waals surface area contributed by atoms with Crippen LogP contribution in [0.5, 0.6) is 0 Å². The van der Waals surface area contributed by atoms with Crippen molar-refractivity contribution in [2.75, 3.05) is 16.4 Å². The standard InChI is InChI=1S/C31H27N5O2S2/c1-3-20-9-7-13-23(15-20)35-26(37)18-39-31-24(17-32)28(25-16-21-10-8-14-33-30(21)40-25)27(19(2)34-31)29(38)36-22-11-5-4-6-12-22/h4-16,24,28H,3,18H2,1-2H3,(H,35,37)(H,36,38). The zero-order valence-electron chi connectivity index (χ0n) is 22.0. The summed E-state index contributed by atoms with van der Waals surface area (Å²) in [6.07, 6.45) is 2.60. The first-order valence-electron chi connectivity index (χ1n) is 12.9. The summed E-state index contributed by atoms with van der Waals surface area (Å²) in [4.78, 5) is 37.3. The molecule has 200 valence electrons. The molecular weight excluding hydrogens is 539 g/mol. The monoisotopic (exact) mass is 565 g/mol. The van der Waals surface area contributed by atoms with E-state index in [-0.39, 0.29) is 17.6 Å². The summed E-state index contributed by atoms with van der Waals surface area (Å²) < 4.78 is 0. The molecule has 2 amide bonds. The Morgan fingerprint density at radius 1 is 1.02 bits per heavy atom. The lowest BCUT2D eigenvalue weighted by atomic mass is 9.82. The average molecular weight is 566 g/mol. The van der Waals surface area contributed by atoms with Gasteiger partial charge in [0.05, 0.1) is 16.9 Å². The second kappa shape index (κ2) is 12.3. The first-order valence-corrected chi connectivity index (χ1v) is 14.7. The van der Waals surface area contributed by atoms with Crippen molar-refractivity contribution in [2.45, 2.75) is 26.2 Å². The minimum Gasteiger partial charge on any atom is -0.325 e. The molecule has 1 aliphatic rings. The van der Waals surface area contributed by atoms with Gasteiger partial charge in [-0.25, -0.2) is 9.98 Å². The first kappa shape index (κ1) is 27.3. The molecule has 1 aliphatic heterocycles. The van der Waals surface area contributed by atoms with E-state index in [9.17, 15) is 14.9 Å². The number of hydrogen-bond donors (Lipinski definition) is 2. The zero-order chi connectivity index (χ0) is 28.1. The van der Waals surface area contributed by atoms with Gasteiger partial charge in [0, 0.05) is 45.0 Å². The molecule has 0 radical (unpaired) electrons. The fraction of sp³-hybridized carbons (Fsp3) is 0.194. The molecule has 0 spiro atoms. The third-order valence-electron chi connectivity index (χ3n) is 6.58. The maximum atomic E-state index is 13.6. The molecule has 0 bridgehead atoms. The SMILES string of the molecule is CCc1cccc(NC(=O)CSC2=NC(C)=C(C(=O)Nc3ccccc3)C(c3cc4cccnc4s3)C2C#N)c1. The van der Waals surface area contributed by atoms with Crippen molar-refractivity contribution in [3.63, 3.8) is 0 Å². The fourth-order valence-corrected chi connectivity index (χ4v) is 6.73. The predicted octanol–water partition coefficient (Wildman–Crippen LogP) is 6.78. The van der Waals surface area contributed by atoms with E-state index in [0.29, 0.717) is 22.0 Å². The number of para-hydroxylation sites is 1. The lowest BCUT2D eigenvalue weighted by Crippen LogP contribution is -2.31. The number of amides is 2. The van der Waals surface area contributed by atoms with E-state index in [4.69, 9.17) is 4.99 Å². The second-order valence-electron chi connectivity index (χ2n) is 9.29. The van der Waals surface area contributed by atoms with E-state index in [1.54, 1.807) is 13.1 Å². The second-order valence-corrected chi connectivity index (χ2v) is 11.3. The van der Waals surface area contributed by atoms with E-state index < -0.39 is 11.8 Å². The first-order chi connectivity index (χ1) is 19.5. The van der Waals surface area contributed by atoms with Gasteiger partial charge >= 0.3 is 0 Å². The number of carbonyl (C=O) groups is 2. The van der Waals surface area contributed by atoms with Crippen molar-refractivity contribution in [2.24, 2.45) is 10.9 Å². The van der Waals surface area contributed by atoms with Gasteiger partial charge in [-0.1, -0.05) is 55.1 Å². The highest BCUT2D eigenvalue weighted by molar-refractivity contribution is 8.14. The highest BCUT2D eigenvalue weighted by atomic mass is 32.2. The molecule has 4 aromatic rings. The van der Waals surface area contributed by atoms with E-state index in [0.717, 1.165) is 32.8 Å². The number of pyridine rings is 1. The summed E-state index contributed by atoms with van der Waals surface area (Å²) in [6.45, 7) is 3.84. The Kier molecular flexibility index (Phi) is 8.39. The van der Waals surface area contributed by atoms with E-state index in [2.05, 4.69) is 28.6 Å². The van der Waals surface area contributed by atoms with Crippen molar-refractivity contribution in [3.05, 3.63) is 101 Å². The number of thioether (sulfide) groups is 1. The fourth-order valence-electron chi connectivity index (χ4n) is 4.66. The quantitative estimate of drug-likeness (QED) is 0.257. The summed E-state index contributed by atoms with van der Waals surface area (Å²) in [5.41, 5.74) is 3.49. The Balaban J connectivity index is 1.45. The number of carbonyl (C=O) groups excluding carboxylic acids is 2. The average Bonchev–Trinajstić information content (AvgIpc) is 3.40. The van der Waals surface area contributed by atoms with Crippen LogP contribution in [0.1, 0.15) is 30.2 Å². The van der Waals surface area contributed by atoms with Gasteiger partial charge in [0.15, 0.2) is 0 Å². The minimum atomic E-state index is -0.741. The highest BCUT2D eigenvalue weighted by Crippen LogP contribution is 2.44. The molecule has 7 nitrogen and oxygen atoms in total. The van der Waals surface area contributed by atoms with Gasteiger partial charge < -0.3 is 10.6 Å². The maximum absolute atomic E-state index is 13.6. The summed E-state index contributed by atoms with van der Waals surface area (Å²) in [6, 6.07) is 25.2. The molecule has 0 aliphatic carbocycles. The van der Waals surface area contributed by atoms with Crippen molar-refractivity contribution in [3.8, 4) is 6.07 Å². The Bertz CT molecular complexity index is 1640. The van der Waals surface area contributed by atoms with E-state index in [1.165, 1.54) is 23.1 Å². The number of nitrogens with zero attached hydrogens (tertiary/aromatic N) is 3. The number of benzene rings is 2. The number of aliphatic imine (C=N–C) groups is 1. The third-order valence-corrected chi connectivity index (χ3v) is 8.77. The lowest BCUT2D eigenvalue weighted by Gasteiger charge is -2.29. The van der Waals surface area contributed by atoms with Crippen LogP contribution in [0, 0.1) is 17.2 Å². The van der Waals surface area contributed by atoms with Crippen molar-refractivity contribution in [1.29, 1.82) is 5.26 Å². The Morgan fingerprint density at radius 3 is 2.58 bits per heavy atom. The van der Waals surface area contributed by atoms with E-state index in [1.807, 2.05) is 72.8 Å². The highest BCUT2D eigenvalue weighted by Gasteiger charge is 2.40. The Labute approximate surface area is 241 Å².